The summed E-state index contributed by atoms with van der Waals surface area (Å²) in [6.07, 6.45) is -4.55. The molecule has 1 rings (SSSR count). The maximum Gasteiger partial charge on any atom is 0.416 e. The van der Waals surface area contributed by atoms with Crippen molar-refractivity contribution in [1.82, 2.24) is 0 Å². The topological polar surface area (TPSA) is 61.5 Å². The number of nitrogens with two attached hydrogens (primary N) is 1. The van der Waals surface area contributed by atoms with Gasteiger partial charge < -0.3 is 15.2 Å². The van der Waals surface area contributed by atoms with Crippen LogP contribution in [0.15, 0.2) is 18.2 Å². The van der Waals surface area contributed by atoms with Crippen molar-refractivity contribution in [2.24, 2.45) is 5.73 Å². The van der Waals surface area contributed by atoms with Crippen LogP contribution in [0.3, 0.4) is 0 Å². The molecule has 0 heterocycles. The molecule has 0 fully saturated rings. The Morgan fingerprint density at radius 2 is 1.95 bits per heavy atom. The fraction of sp³-hybridized carbons (Fsp3) is 0.417. The number of ether oxygens (including phenoxy) is 2. The molecule has 0 aromatic heterocycles. The number of esters is 1. The van der Waals surface area contributed by atoms with Crippen LogP contribution >= 0.6 is 0 Å². The molecule has 1 atom stereocenters. The highest BCUT2D eigenvalue weighted by Crippen LogP contribution is 2.32. The summed E-state index contributed by atoms with van der Waals surface area (Å²) in [5.41, 5.74) is 4.92. The highest BCUT2D eigenvalue weighted by Gasteiger charge is 2.31. The van der Waals surface area contributed by atoms with Crippen molar-refractivity contribution in [3.63, 3.8) is 0 Å². The standard InChI is InChI=1S/C12H14F3NO3/c1-18-9-4-7(5-10(16)11(17)19-2)3-8(6-9)12(13,14)15/h3-4,6,10H,5,16H2,1-2H3. The van der Waals surface area contributed by atoms with Crippen molar-refractivity contribution in [2.75, 3.05) is 14.2 Å². The fourth-order valence-electron chi connectivity index (χ4n) is 1.55. The lowest BCUT2D eigenvalue weighted by molar-refractivity contribution is -0.142. The van der Waals surface area contributed by atoms with Gasteiger partial charge in [0, 0.05) is 0 Å². The molecule has 0 spiro atoms. The van der Waals surface area contributed by atoms with Gasteiger partial charge in [-0.1, -0.05) is 0 Å². The van der Waals surface area contributed by atoms with E-state index in [4.69, 9.17) is 10.5 Å². The van der Waals surface area contributed by atoms with Crippen molar-refractivity contribution >= 4 is 5.97 Å². The number of hydrogen-bond donors (Lipinski definition) is 1. The Balaban J connectivity index is 3.04. The van der Waals surface area contributed by atoms with Crippen LogP contribution in [0.5, 0.6) is 5.75 Å². The molecule has 4 nitrogen and oxygen atoms in total. The second-order valence-electron chi connectivity index (χ2n) is 3.90. The molecule has 0 saturated heterocycles. The minimum atomic E-state index is -4.49. The van der Waals surface area contributed by atoms with E-state index in [0.29, 0.717) is 0 Å². The summed E-state index contributed by atoms with van der Waals surface area (Å²) in [6, 6.07) is 2.20. The van der Waals surface area contributed by atoms with Gasteiger partial charge in [0.25, 0.3) is 0 Å². The van der Waals surface area contributed by atoms with Crippen molar-refractivity contribution in [1.29, 1.82) is 0 Å². The monoisotopic (exact) mass is 277 g/mol. The highest BCUT2D eigenvalue weighted by atomic mass is 19.4. The van der Waals surface area contributed by atoms with E-state index in [1.807, 2.05) is 0 Å². The second-order valence-corrected chi connectivity index (χ2v) is 3.90. The van der Waals surface area contributed by atoms with Crippen LogP contribution in [0.1, 0.15) is 11.1 Å². The highest BCUT2D eigenvalue weighted by molar-refractivity contribution is 5.75. The first-order valence-electron chi connectivity index (χ1n) is 5.36. The van der Waals surface area contributed by atoms with Crippen molar-refractivity contribution in [2.45, 2.75) is 18.6 Å². The van der Waals surface area contributed by atoms with E-state index >= 15 is 0 Å². The van der Waals surface area contributed by atoms with Crippen LogP contribution < -0.4 is 10.5 Å². The molecule has 19 heavy (non-hydrogen) atoms. The van der Waals surface area contributed by atoms with Crippen LogP contribution in [0, 0.1) is 0 Å². The third-order valence-electron chi connectivity index (χ3n) is 2.49. The van der Waals surface area contributed by atoms with Crippen LogP contribution in [-0.4, -0.2) is 26.2 Å². The Bertz CT molecular complexity index is 460. The summed E-state index contributed by atoms with van der Waals surface area (Å²) in [5, 5.41) is 0. The van der Waals surface area contributed by atoms with Crippen LogP contribution in [0.2, 0.25) is 0 Å². The SMILES string of the molecule is COC(=O)C(N)Cc1cc(OC)cc(C(F)(F)F)c1. The number of rotatable bonds is 4. The number of carbonyl (C=O) groups excluding carboxylic acids is 1. The molecule has 7 heteroatoms. The number of carbonyl (C=O) groups is 1. The summed E-state index contributed by atoms with van der Waals surface area (Å²) in [4.78, 5) is 11.2. The summed E-state index contributed by atoms with van der Waals surface area (Å²) in [5.74, 6) is -0.627. The van der Waals surface area contributed by atoms with Gasteiger partial charge in [-0.3, -0.25) is 4.79 Å². The lowest BCUT2D eigenvalue weighted by atomic mass is 10.0. The third-order valence-corrected chi connectivity index (χ3v) is 2.49. The zero-order valence-corrected chi connectivity index (χ0v) is 10.5. The van der Waals surface area contributed by atoms with Gasteiger partial charge in [-0.05, 0) is 30.2 Å². The van der Waals surface area contributed by atoms with Gasteiger partial charge in [-0.2, -0.15) is 13.2 Å². The van der Waals surface area contributed by atoms with E-state index in [-0.39, 0.29) is 17.7 Å². The average Bonchev–Trinajstić information content (AvgIpc) is 2.36. The number of benzene rings is 1. The molecule has 0 bridgehead atoms. The van der Waals surface area contributed by atoms with Gasteiger partial charge in [-0.25, -0.2) is 0 Å². The molecule has 0 aliphatic rings. The summed E-state index contributed by atoms with van der Waals surface area (Å²) < 4.78 is 47.2. The lowest BCUT2D eigenvalue weighted by Crippen LogP contribution is -2.33. The summed E-state index contributed by atoms with van der Waals surface area (Å²) in [6.45, 7) is 0. The molecule has 0 radical (unpaired) electrons. The van der Waals surface area contributed by atoms with Gasteiger partial charge in [0.05, 0.1) is 19.8 Å². The van der Waals surface area contributed by atoms with Crippen molar-refractivity contribution < 1.29 is 27.4 Å². The minimum absolute atomic E-state index is 0.0573. The van der Waals surface area contributed by atoms with Gasteiger partial charge in [0.2, 0.25) is 0 Å². The number of halogens is 3. The molecule has 2 N–H and O–H groups in total. The van der Waals surface area contributed by atoms with E-state index < -0.39 is 23.8 Å². The first-order valence-corrected chi connectivity index (χ1v) is 5.36. The first-order chi connectivity index (χ1) is 8.77. The smallest absolute Gasteiger partial charge is 0.416 e. The predicted octanol–water partition coefficient (Wildman–Crippen LogP) is 1.76. The molecule has 0 amide bonds. The second kappa shape index (κ2) is 5.92. The van der Waals surface area contributed by atoms with E-state index in [9.17, 15) is 18.0 Å². The summed E-state index contributed by atoms with van der Waals surface area (Å²) >= 11 is 0. The zero-order valence-electron chi connectivity index (χ0n) is 10.5. The predicted molar refractivity (Wildman–Crippen MR) is 61.7 cm³/mol. The van der Waals surface area contributed by atoms with Gasteiger partial charge in [0.1, 0.15) is 11.8 Å². The Labute approximate surface area is 108 Å². The maximum atomic E-state index is 12.7. The Kier molecular flexibility index (Phi) is 4.77. The van der Waals surface area contributed by atoms with Crippen LogP contribution in [0.4, 0.5) is 13.2 Å². The van der Waals surface area contributed by atoms with Crippen molar-refractivity contribution in [3.05, 3.63) is 29.3 Å². The third kappa shape index (κ3) is 4.13. The first kappa shape index (κ1) is 15.3. The van der Waals surface area contributed by atoms with Gasteiger partial charge in [-0.15, -0.1) is 0 Å². The molecule has 1 aromatic rings. The number of hydrogen-bond acceptors (Lipinski definition) is 4. The lowest BCUT2D eigenvalue weighted by Gasteiger charge is -2.13. The van der Waals surface area contributed by atoms with Gasteiger partial charge >= 0.3 is 12.1 Å². The maximum absolute atomic E-state index is 12.7. The Morgan fingerprint density at radius 1 is 1.32 bits per heavy atom. The summed E-state index contributed by atoms with van der Waals surface area (Å²) in [7, 11) is 2.43. The number of methoxy groups -OCH3 is 2. The quantitative estimate of drug-likeness (QED) is 0.852. The van der Waals surface area contributed by atoms with Gasteiger partial charge in [0.15, 0.2) is 0 Å². The van der Waals surface area contributed by atoms with E-state index in [0.717, 1.165) is 19.2 Å². The molecule has 0 saturated carbocycles. The van der Waals surface area contributed by atoms with E-state index in [1.54, 1.807) is 0 Å². The largest absolute Gasteiger partial charge is 0.497 e. The fourth-order valence-corrected chi connectivity index (χ4v) is 1.55. The van der Waals surface area contributed by atoms with Crippen LogP contribution in [0.25, 0.3) is 0 Å². The molecule has 1 aromatic carbocycles. The molecule has 106 valence electrons. The molecule has 0 aliphatic heterocycles. The van der Waals surface area contributed by atoms with Crippen molar-refractivity contribution in [3.8, 4) is 5.75 Å². The molecular weight excluding hydrogens is 263 g/mol. The Hall–Kier alpha value is -1.76. The van der Waals surface area contributed by atoms with Crippen LogP contribution in [-0.2, 0) is 22.1 Å². The van der Waals surface area contributed by atoms with E-state index in [2.05, 4.69) is 4.74 Å². The average molecular weight is 277 g/mol. The number of alkyl halides is 3. The molecule has 1 unspecified atom stereocenters. The minimum Gasteiger partial charge on any atom is -0.497 e. The molecule has 0 aliphatic carbocycles. The molecular formula is C12H14F3NO3. The normalized spacial score (nSPS) is 12.9. The van der Waals surface area contributed by atoms with E-state index in [1.165, 1.54) is 13.2 Å². The Morgan fingerprint density at radius 3 is 2.42 bits per heavy atom. The zero-order chi connectivity index (χ0) is 14.6.